The van der Waals surface area contributed by atoms with Crippen LogP contribution in [0, 0.1) is 0 Å². The Morgan fingerprint density at radius 2 is 0.578 bits per heavy atom. The Morgan fingerprint density at radius 1 is 0.356 bits per heavy atom. The fourth-order valence-electron chi connectivity index (χ4n) is 6.87. The van der Waals surface area contributed by atoms with Gasteiger partial charge in [-0.15, -0.1) is 0 Å². The summed E-state index contributed by atoms with van der Waals surface area (Å²) in [7, 11) is 4.31. The number of hydrogen-bond donors (Lipinski definition) is 1. The predicted molar refractivity (Wildman–Crippen MR) is 203 cm³/mol. The van der Waals surface area contributed by atoms with E-state index < -0.39 is 0 Å². The lowest BCUT2D eigenvalue weighted by Crippen LogP contribution is -2.54. The quantitative estimate of drug-likeness (QED) is 0.0408. The van der Waals surface area contributed by atoms with Crippen molar-refractivity contribution >= 4 is 5.91 Å². The van der Waals surface area contributed by atoms with Crippen LogP contribution in [-0.2, 0) is 4.79 Å². The van der Waals surface area contributed by atoms with Gasteiger partial charge in [-0.25, -0.2) is 10.0 Å². The summed E-state index contributed by atoms with van der Waals surface area (Å²) in [5.74, 6) is 0.239. The zero-order valence-electron chi connectivity index (χ0n) is 32.0. The number of nitrogens with zero attached hydrogens (tertiary/aromatic N) is 1. The van der Waals surface area contributed by atoms with Gasteiger partial charge in [0, 0.05) is 6.42 Å². The third kappa shape index (κ3) is 37.8. The van der Waals surface area contributed by atoms with Crippen LogP contribution in [0.2, 0.25) is 0 Å². The van der Waals surface area contributed by atoms with Crippen LogP contribution in [-0.4, -0.2) is 31.1 Å². The minimum Gasteiger partial charge on any atom is -0.270 e. The Bertz CT molecular complexity index is 575. The molecule has 0 fully saturated rings. The first-order valence-electron chi connectivity index (χ1n) is 21.2. The molecule has 0 saturated carbocycles. The maximum Gasteiger partial charge on any atom is 0.264 e. The van der Waals surface area contributed by atoms with E-state index in [2.05, 4.69) is 33.4 Å². The molecule has 270 valence electrons. The van der Waals surface area contributed by atoms with Gasteiger partial charge in [0.2, 0.25) is 0 Å². The van der Waals surface area contributed by atoms with Crippen LogP contribution >= 0.6 is 0 Å². The summed E-state index contributed by atoms with van der Waals surface area (Å²) in [5.41, 5.74) is 3.27. The van der Waals surface area contributed by atoms with E-state index in [-0.39, 0.29) is 5.91 Å². The van der Waals surface area contributed by atoms with Crippen LogP contribution in [0.4, 0.5) is 0 Å². The van der Waals surface area contributed by atoms with Gasteiger partial charge < -0.3 is 0 Å². The molecule has 0 atom stereocenters. The molecule has 1 amide bonds. The van der Waals surface area contributed by atoms with Crippen LogP contribution in [0.25, 0.3) is 0 Å². The maximum atomic E-state index is 12.5. The van der Waals surface area contributed by atoms with Crippen molar-refractivity contribution in [3.05, 3.63) is 0 Å². The highest BCUT2D eigenvalue weighted by Crippen LogP contribution is 2.16. The van der Waals surface area contributed by atoms with E-state index in [4.69, 9.17) is 0 Å². The van der Waals surface area contributed by atoms with E-state index in [1.165, 1.54) is 218 Å². The molecule has 1 N–H and O–H groups in total. The van der Waals surface area contributed by atoms with Gasteiger partial charge >= 0.3 is 0 Å². The van der Waals surface area contributed by atoms with Crippen molar-refractivity contribution in [3.8, 4) is 0 Å². The van der Waals surface area contributed by atoms with Gasteiger partial charge in [0.15, 0.2) is 0 Å². The summed E-state index contributed by atoms with van der Waals surface area (Å²) in [6.45, 7) is 5.64. The minimum atomic E-state index is 0.239. The molecule has 3 nitrogen and oxygen atoms in total. The lowest BCUT2D eigenvalue weighted by molar-refractivity contribution is -0.925. The van der Waals surface area contributed by atoms with Crippen LogP contribution in [0.1, 0.15) is 245 Å². The molecule has 0 spiro atoms. The Hall–Kier alpha value is -0.570. The lowest BCUT2D eigenvalue weighted by atomic mass is 10.0. The molecule has 0 heterocycles. The highest BCUT2D eigenvalue weighted by molar-refractivity contribution is 5.74. The number of amides is 1. The van der Waals surface area contributed by atoms with Crippen molar-refractivity contribution in [2.75, 3.05) is 20.6 Å². The molecule has 0 aromatic heterocycles. The Morgan fingerprint density at radius 3 is 0.844 bits per heavy atom. The second-order valence-electron chi connectivity index (χ2n) is 15.4. The summed E-state index contributed by atoms with van der Waals surface area (Å²) in [5, 5.41) is 0. The van der Waals surface area contributed by atoms with E-state index in [0.717, 1.165) is 13.0 Å². The van der Waals surface area contributed by atoms with Crippen LogP contribution in [0.15, 0.2) is 0 Å². The number of nitrogens with one attached hydrogen (secondary N) is 1. The number of unbranched alkanes of at least 4 members (excludes halogenated alkanes) is 33. The van der Waals surface area contributed by atoms with Crippen LogP contribution in [0.3, 0.4) is 0 Å². The van der Waals surface area contributed by atoms with Crippen molar-refractivity contribution in [2.24, 2.45) is 0 Å². The van der Waals surface area contributed by atoms with Gasteiger partial charge in [-0.3, -0.25) is 4.79 Å². The van der Waals surface area contributed by atoms with Gasteiger partial charge in [-0.1, -0.05) is 219 Å². The van der Waals surface area contributed by atoms with Gasteiger partial charge in [-0.05, 0) is 19.3 Å². The minimum absolute atomic E-state index is 0.239. The highest BCUT2D eigenvalue weighted by atomic mass is 16.2. The molecule has 0 rings (SSSR count). The summed E-state index contributed by atoms with van der Waals surface area (Å²) >= 11 is 0. The molecule has 0 bridgehead atoms. The normalized spacial score (nSPS) is 11.8. The maximum absolute atomic E-state index is 12.5. The largest absolute Gasteiger partial charge is 0.270 e. The summed E-state index contributed by atoms with van der Waals surface area (Å²) in [4.78, 5) is 12.5. The summed E-state index contributed by atoms with van der Waals surface area (Å²) < 4.78 is 0.636. The van der Waals surface area contributed by atoms with Gasteiger partial charge in [0.25, 0.3) is 5.91 Å². The zero-order valence-corrected chi connectivity index (χ0v) is 32.0. The molecule has 0 aliphatic carbocycles. The van der Waals surface area contributed by atoms with E-state index in [0.29, 0.717) is 11.0 Å². The first-order chi connectivity index (χ1) is 22.0. The number of carbonyl (C=O) groups excluding carboxylic acids is 1. The second kappa shape index (κ2) is 36.3. The first kappa shape index (κ1) is 44.4. The van der Waals surface area contributed by atoms with Crippen LogP contribution in [0.5, 0.6) is 0 Å². The van der Waals surface area contributed by atoms with Gasteiger partial charge in [0.1, 0.15) is 6.54 Å². The Balaban J connectivity index is 3.37. The molecule has 0 aliphatic rings. The van der Waals surface area contributed by atoms with E-state index in [9.17, 15) is 4.79 Å². The predicted octanol–water partition coefficient (Wildman–Crippen LogP) is 14.2. The molecular formula is C42H87N2O+. The molecule has 0 aromatic carbocycles. The van der Waals surface area contributed by atoms with Crippen molar-refractivity contribution < 1.29 is 9.39 Å². The molecule has 45 heavy (non-hydrogen) atoms. The number of carbonyl (C=O) groups is 1. The Kier molecular flexibility index (Phi) is 35.8. The van der Waals surface area contributed by atoms with Crippen molar-refractivity contribution in [3.63, 3.8) is 0 Å². The summed E-state index contributed by atoms with van der Waals surface area (Å²) in [6, 6.07) is 0. The van der Waals surface area contributed by atoms with Gasteiger partial charge in [-0.2, -0.15) is 0 Å². The highest BCUT2D eigenvalue weighted by Gasteiger charge is 2.18. The average Bonchev–Trinajstić information content (AvgIpc) is 3.01. The monoisotopic (exact) mass is 636 g/mol. The standard InChI is InChI=1S/C42H86N2O/c1-5-7-9-11-13-15-17-19-21-23-25-27-29-31-33-35-37-39-41-44(3,4)43-42(45)40-38-36-34-32-30-28-26-24-22-20-18-16-14-12-10-8-6-2/h5-41H2,1-4H3/p+1. The zero-order chi connectivity index (χ0) is 32.9. The lowest BCUT2D eigenvalue weighted by Gasteiger charge is -2.29. The second-order valence-corrected chi connectivity index (χ2v) is 15.4. The van der Waals surface area contributed by atoms with E-state index in [1.54, 1.807) is 0 Å². The van der Waals surface area contributed by atoms with Crippen molar-refractivity contribution in [2.45, 2.75) is 245 Å². The van der Waals surface area contributed by atoms with E-state index in [1.807, 2.05) is 0 Å². The molecule has 0 unspecified atom stereocenters. The van der Waals surface area contributed by atoms with Crippen LogP contribution < -0.4 is 5.43 Å². The fourth-order valence-corrected chi connectivity index (χ4v) is 6.87. The molecule has 0 aromatic rings. The van der Waals surface area contributed by atoms with Gasteiger partial charge in [0.05, 0.1) is 14.1 Å². The van der Waals surface area contributed by atoms with Crippen molar-refractivity contribution in [1.29, 1.82) is 0 Å². The number of rotatable bonds is 38. The molecular weight excluding hydrogens is 548 g/mol. The fraction of sp³-hybridized carbons (Fsp3) is 0.976. The topological polar surface area (TPSA) is 29.1 Å². The third-order valence-corrected chi connectivity index (χ3v) is 10.0. The Labute approximate surface area is 285 Å². The SMILES string of the molecule is CCCCCCCCCCCCCCCCCCCC[N+](C)(C)NC(=O)CCCCCCCCCCCCCCCCCCC. The average molecular weight is 636 g/mol. The summed E-state index contributed by atoms with van der Waals surface area (Å²) in [6.07, 6.45) is 49.6. The first-order valence-corrected chi connectivity index (χ1v) is 21.2. The number of quaternary nitrogens is 1. The molecule has 3 heteroatoms. The van der Waals surface area contributed by atoms with E-state index >= 15 is 0 Å². The smallest absolute Gasteiger partial charge is 0.264 e. The number of hydrogen-bond acceptors (Lipinski definition) is 1. The van der Waals surface area contributed by atoms with Crippen molar-refractivity contribution in [1.82, 2.24) is 5.43 Å². The third-order valence-electron chi connectivity index (χ3n) is 10.0. The molecule has 0 radical (unpaired) electrons. The molecule has 0 aliphatic heterocycles. The molecule has 0 saturated heterocycles.